The highest BCUT2D eigenvalue weighted by Gasteiger charge is 2.08. The zero-order chi connectivity index (χ0) is 10.1. The van der Waals surface area contributed by atoms with Crippen LogP contribution in [-0.4, -0.2) is 11.5 Å². The summed E-state index contributed by atoms with van der Waals surface area (Å²) < 4.78 is 18.3. The van der Waals surface area contributed by atoms with Gasteiger partial charge in [-0.05, 0) is 6.07 Å². The molecule has 0 aliphatic carbocycles. The third-order valence-corrected chi connectivity index (χ3v) is 2.12. The molecule has 14 heavy (non-hydrogen) atoms. The highest BCUT2D eigenvalue weighted by atomic mass is 35.5. The molecule has 2 rings (SSSR count). The fourth-order valence-corrected chi connectivity index (χ4v) is 1.36. The predicted molar refractivity (Wildman–Crippen MR) is 51.7 cm³/mol. The van der Waals surface area contributed by atoms with Crippen molar-refractivity contribution in [2.45, 2.75) is 6.42 Å². The highest BCUT2D eigenvalue weighted by Crippen LogP contribution is 2.23. The van der Waals surface area contributed by atoms with Gasteiger partial charge in [0.15, 0.2) is 11.5 Å². The van der Waals surface area contributed by atoms with Gasteiger partial charge in [0.1, 0.15) is 11.3 Å². The molecule has 2 N–H and O–H groups in total. The SMILES string of the molecule is NCCc1nc2cc(Cl)c(F)cc2o1. The van der Waals surface area contributed by atoms with Crippen molar-refractivity contribution in [2.24, 2.45) is 5.73 Å². The van der Waals surface area contributed by atoms with Crippen LogP contribution in [0, 0.1) is 5.82 Å². The van der Waals surface area contributed by atoms with Gasteiger partial charge in [-0.2, -0.15) is 0 Å². The van der Waals surface area contributed by atoms with Gasteiger partial charge in [-0.25, -0.2) is 9.37 Å². The Morgan fingerprint density at radius 1 is 1.50 bits per heavy atom. The summed E-state index contributed by atoms with van der Waals surface area (Å²) in [6, 6.07) is 2.67. The Kier molecular flexibility index (Phi) is 2.39. The number of halogens is 2. The van der Waals surface area contributed by atoms with E-state index in [4.69, 9.17) is 21.8 Å². The number of aromatic nitrogens is 1. The van der Waals surface area contributed by atoms with Crippen molar-refractivity contribution in [1.82, 2.24) is 4.98 Å². The Hall–Kier alpha value is -1.13. The van der Waals surface area contributed by atoms with Crippen LogP contribution in [-0.2, 0) is 6.42 Å². The molecule has 0 aliphatic rings. The van der Waals surface area contributed by atoms with Gasteiger partial charge in [-0.1, -0.05) is 11.6 Å². The molecule has 1 aromatic carbocycles. The monoisotopic (exact) mass is 214 g/mol. The van der Waals surface area contributed by atoms with Gasteiger partial charge in [0.05, 0.1) is 5.02 Å². The molecule has 0 saturated carbocycles. The molecule has 0 radical (unpaired) electrons. The van der Waals surface area contributed by atoms with Crippen LogP contribution in [0.15, 0.2) is 16.5 Å². The predicted octanol–water partition coefficient (Wildman–Crippen LogP) is 2.12. The molecule has 1 aromatic heterocycles. The minimum Gasteiger partial charge on any atom is -0.441 e. The first-order valence-electron chi connectivity index (χ1n) is 4.15. The summed E-state index contributed by atoms with van der Waals surface area (Å²) in [5, 5.41) is 0.0464. The van der Waals surface area contributed by atoms with Gasteiger partial charge in [-0.3, -0.25) is 0 Å². The van der Waals surface area contributed by atoms with Crippen molar-refractivity contribution < 1.29 is 8.81 Å². The maximum Gasteiger partial charge on any atom is 0.196 e. The summed E-state index contributed by atoms with van der Waals surface area (Å²) in [7, 11) is 0. The Morgan fingerprint density at radius 3 is 3.00 bits per heavy atom. The Balaban J connectivity index is 2.54. The fourth-order valence-electron chi connectivity index (χ4n) is 1.20. The van der Waals surface area contributed by atoms with Gasteiger partial charge in [-0.15, -0.1) is 0 Å². The number of oxazole rings is 1. The van der Waals surface area contributed by atoms with E-state index < -0.39 is 5.82 Å². The number of benzene rings is 1. The molecule has 0 unspecified atom stereocenters. The van der Waals surface area contributed by atoms with E-state index in [1.54, 1.807) is 0 Å². The van der Waals surface area contributed by atoms with E-state index in [0.29, 0.717) is 30.0 Å². The second-order valence-electron chi connectivity index (χ2n) is 2.88. The fraction of sp³-hybridized carbons (Fsp3) is 0.222. The van der Waals surface area contributed by atoms with Crippen LogP contribution >= 0.6 is 11.6 Å². The first kappa shape index (κ1) is 9.43. The average molecular weight is 215 g/mol. The third kappa shape index (κ3) is 1.58. The first-order valence-corrected chi connectivity index (χ1v) is 4.53. The standard InChI is InChI=1S/C9H8ClFN2O/c10-5-3-7-8(4-6(5)11)14-9(13-7)1-2-12/h3-4H,1-2,12H2. The summed E-state index contributed by atoms with van der Waals surface area (Å²) in [6.45, 7) is 0.447. The second-order valence-corrected chi connectivity index (χ2v) is 3.29. The molecule has 5 heteroatoms. The minimum atomic E-state index is -0.505. The molecular weight excluding hydrogens is 207 g/mol. The molecule has 0 saturated heterocycles. The first-order chi connectivity index (χ1) is 6.70. The van der Waals surface area contributed by atoms with Crippen molar-refractivity contribution in [3.63, 3.8) is 0 Å². The van der Waals surface area contributed by atoms with Crippen LogP contribution in [0.3, 0.4) is 0 Å². The largest absolute Gasteiger partial charge is 0.441 e. The molecule has 0 bridgehead atoms. The van der Waals surface area contributed by atoms with E-state index in [2.05, 4.69) is 4.98 Å². The molecule has 3 nitrogen and oxygen atoms in total. The van der Waals surface area contributed by atoms with E-state index in [-0.39, 0.29) is 5.02 Å². The van der Waals surface area contributed by atoms with Gasteiger partial charge in [0.25, 0.3) is 0 Å². The average Bonchev–Trinajstić information content (AvgIpc) is 2.48. The van der Waals surface area contributed by atoms with Gasteiger partial charge >= 0.3 is 0 Å². The smallest absolute Gasteiger partial charge is 0.196 e. The summed E-state index contributed by atoms with van der Waals surface area (Å²) in [5.74, 6) is -0.00113. The Morgan fingerprint density at radius 2 is 2.29 bits per heavy atom. The van der Waals surface area contributed by atoms with Crippen LogP contribution in [0.25, 0.3) is 11.1 Å². The van der Waals surface area contributed by atoms with Crippen molar-refractivity contribution >= 4 is 22.7 Å². The molecule has 0 fully saturated rings. The number of hydrogen-bond donors (Lipinski definition) is 1. The summed E-state index contributed by atoms with van der Waals surface area (Å²) in [4.78, 5) is 4.11. The normalized spacial score (nSPS) is 11.1. The maximum absolute atomic E-state index is 13.0. The molecule has 0 atom stereocenters. The molecular formula is C9H8ClFN2O. The quantitative estimate of drug-likeness (QED) is 0.833. The van der Waals surface area contributed by atoms with Gasteiger partial charge in [0.2, 0.25) is 0 Å². The minimum absolute atomic E-state index is 0.0464. The Labute approximate surface area is 84.7 Å². The van der Waals surface area contributed by atoms with Crippen LogP contribution < -0.4 is 5.73 Å². The van der Waals surface area contributed by atoms with Crippen molar-refractivity contribution in [3.05, 3.63) is 28.9 Å². The van der Waals surface area contributed by atoms with Crippen molar-refractivity contribution in [1.29, 1.82) is 0 Å². The van der Waals surface area contributed by atoms with Crippen LogP contribution in [0.4, 0.5) is 4.39 Å². The molecule has 74 valence electrons. The zero-order valence-corrected chi connectivity index (χ0v) is 8.01. The highest BCUT2D eigenvalue weighted by molar-refractivity contribution is 6.31. The lowest BCUT2D eigenvalue weighted by Crippen LogP contribution is -2.02. The molecule has 1 heterocycles. The third-order valence-electron chi connectivity index (χ3n) is 1.83. The second kappa shape index (κ2) is 3.55. The topological polar surface area (TPSA) is 52.0 Å². The van der Waals surface area contributed by atoms with E-state index in [1.165, 1.54) is 12.1 Å². The molecule has 0 spiro atoms. The number of rotatable bonds is 2. The lowest BCUT2D eigenvalue weighted by molar-refractivity contribution is 0.528. The maximum atomic E-state index is 13.0. The molecule has 0 aliphatic heterocycles. The van der Waals surface area contributed by atoms with Crippen molar-refractivity contribution in [2.75, 3.05) is 6.54 Å². The van der Waals surface area contributed by atoms with Crippen LogP contribution in [0.1, 0.15) is 5.89 Å². The van der Waals surface area contributed by atoms with E-state index in [1.807, 2.05) is 0 Å². The zero-order valence-electron chi connectivity index (χ0n) is 7.26. The number of nitrogens with zero attached hydrogens (tertiary/aromatic N) is 1. The Bertz CT molecular complexity index is 430. The number of hydrogen-bond acceptors (Lipinski definition) is 3. The van der Waals surface area contributed by atoms with E-state index in [0.717, 1.165) is 0 Å². The van der Waals surface area contributed by atoms with Crippen LogP contribution in [0.5, 0.6) is 0 Å². The number of nitrogens with two attached hydrogens (primary N) is 1. The van der Waals surface area contributed by atoms with E-state index in [9.17, 15) is 4.39 Å². The van der Waals surface area contributed by atoms with Crippen molar-refractivity contribution in [3.8, 4) is 0 Å². The summed E-state index contributed by atoms with van der Waals surface area (Å²) >= 11 is 5.59. The van der Waals surface area contributed by atoms with Gasteiger partial charge < -0.3 is 10.2 Å². The lowest BCUT2D eigenvalue weighted by Gasteiger charge is -1.90. The van der Waals surface area contributed by atoms with E-state index >= 15 is 0 Å². The lowest BCUT2D eigenvalue weighted by atomic mass is 10.3. The number of fused-ring (bicyclic) bond motifs is 1. The summed E-state index contributed by atoms with van der Waals surface area (Å²) in [5.41, 5.74) is 6.30. The van der Waals surface area contributed by atoms with Gasteiger partial charge in [0, 0.05) is 19.0 Å². The summed E-state index contributed by atoms with van der Waals surface area (Å²) in [6.07, 6.45) is 0.536. The molecule has 2 aromatic rings. The van der Waals surface area contributed by atoms with Crippen LogP contribution in [0.2, 0.25) is 5.02 Å². The molecule has 0 amide bonds.